The summed E-state index contributed by atoms with van der Waals surface area (Å²) in [7, 11) is 0. The van der Waals surface area contributed by atoms with Crippen molar-refractivity contribution in [2.24, 2.45) is 0 Å². The molecule has 1 aliphatic heterocycles. The molecule has 4 nitrogen and oxygen atoms in total. The lowest BCUT2D eigenvalue weighted by atomic mass is 10.0. The number of thiazole rings is 1. The number of rotatable bonds is 4. The quantitative estimate of drug-likeness (QED) is 0.519. The molecule has 0 bridgehead atoms. The van der Waals surface area contributed by atoms with Crippen molar-refractivity contribution in [2.75, 3.05) is 18.4 Å². The van der Waals surface area contributed by atoms with Crippen LogP contribution in [0.3, 0.4) is 0 Å². The summed E-state index contributed by atoms with van der Waals surface area (Å²) < 4.78 is 1.18. The van der Waals surface area contributed by atoms with E-state index in [4.69, 9.17) is 4.98 Å². The molecule has 0 saturated heterocycles. The number of thiophene rings is 1. The molecule has 2 aromatic heterocycles. The molecule has 5 rings (SSSR count). The van der Waals surface area contributed by atoms with Crippen LogP contribution in [0.2, 0.25) is 0 Å². The van der Waals surface area contributed by atoms with E-state index in [0.29, 0.717) is 5.56 Å². The molecule has 1 amide bonds. The fourth-order valence-corrected chi connectivity index (χ4v) is 6.32. The van der Waals surface area contributed by atoms with Gasteiger partial charge in [0.1, 0.15) is 16.6 Å². The molecule has 0 radical (unpaired) electrons. The summed E-state index contributed by atoms with van der Waals surface area (Å²) in [4.78, 5) is 20.8. The Labute approximate surface area is 177 Å². The Morgan fingerprint density at radius 2 is 1.90 bits per heavy atom. The van der Waals surface area contributed by atoms with E-state index < -0.39 is 0 Å². The van der Waals surface area contributed by atoms with Crippen LogP contribution < -0.4 is 10.2 Å². The van der Waals surface area contributed by atoms with Crippen molar-refractivity contribution in [3.63, 3.8) is 0 Å². The van der Waals surface area contributed by atoms with Gasteiger partial charge in [-0.25, -0.2) is 4.98 Å². The van der Waals surface area contributed by atoms with Crippen LogP contribution in [0.1, 0.15) is 27.7 Å². The number of aromatic nitrogens is 1. The molecule has 2 N–H and O–H groups in total. The minimum absolute atomic E-state index is 0.0637. The normalized spacial score (nSPS) is 16.0. The Bertz CT molecular complexity index is 1150. The monoisotopic (exact) mass is 420 g/mol. The van der Waals surface area contributed by atoms with Crippen molar-refractivity contribution in [1.29, 1.82) is 0 Å². The Morgan fingerprint density at radius 1 is 1.10 bits per heavy atom. The van der Waals surface area contributed by atoms with Crippen molar-refractivity contribution >= 4 is 43.8 Å². The van der Waals surface area contributed by atoms with E-state index in [0.717, 1.165) is 47.1 Å². The third-order valence-corrected chi connectivity index (χ3v) is 7.70. The third-order valence-electron chi connectivity index (χ3n) is 5.50. The summed E-state index contributed by atoms with van der Waals surface area (Å²) >= 11 is 3.43. The highest BCUT2D eigenvalue weighted by molar-refractivity contribution is 7.22. The van der Waals surface area contributed by atoms with Gasteiger partial charge in [0.15, 0.2) is 0 Å². The second-order valence-electron chi connectivity index (χ2n) is 7.30. The number of para-hydroxylation sites is 1. The van der Waals surface area contributed by atoms with Gasteiger partial charge in [-0.3, -0.25) is 4.79 Å². The molecule has 6 heteroatoms. The number of nitrogens with one attached hydrogen (secondary N) is 2. The molecule has 0 fully saturated rings. The first-order valence-corrected chi connectivity index (χ1v) is 11.6. The fourth-order valence-electron chi connectivity index (χ4n) is 3.90. The van der Waals surface area contributed by atoms with Crippen molar-refractivity contribution in [1.82, 2.24) is 4.98 Å². The fraction of sp³-hybridized carbons (Fsp3) is 0.217. The third kappa shape index (κ3) is 3.48. The zero-order valence-electron chi connectivity index (χ0n) is 16.2. The molecule has 0 spiro atoms. The summed E-state index contributed by atoms with van der Waals surface area (Å²) in [6.07, 6.45) is 1.03. The number of carbonyl (C=O) groups excluding carboxylic acids is 1. The summed E-state index contributed by atoms with van der Waals surface area (Å²) in [6.45, 7) is 5.51. The second kappa shape index (κ2) is 7.71. The molecule has 29 heavy (non-hydrogen) atoms. The Balaban J connectivity index is 1.60. The molecule has 4 aromatic rings. The number of nitrogens with zero attached hydrogens (tertiary/aromatic N) is 1. The molecular weight excluding hydrogens is 398 g/mol. The topological polar surface area (TPSA) is 46.4 Å². The van der Waals surface area contributed by atoms with Crippen molar-refractivity contribution in [2.45, 2.75) is 19.9 Å². The average Bonchev–Trinajstić information content (AvgIpc) is 3.34. The summed E-state index contributed by atoms with van der Waals surface area (Å²) in [6, 6.07) is 17.7. The maximum Gasteiger partial charge on any atom is 0.256 e. The van der Waals surface area contributed by atoms with Gasteiger partial charge in [0.05, 0.1) is 28.2 Å². The number of amides is 1. The van der Waals surface area contributed by atoms with Gasteiger partial charge in [-0.05, 0) is 36.8 Å². The molecule has 1 atom stereocenters. The van der Waals surface area contributed by atoms with E-state index in [9.17, 15) is 4.79 Å². The van der Waals surface area contributed by atoms with E-state index in [1.54, 1.807) is 27.6 Å². The predicted molar refractivity (Wildman–Crippen MR) is 121 cm³/mol. The number of benzene rings is 2. The largest absolute Gasteiger partial charge is 0.330 e. The van der Waals surface area contributed by atoms with Crippen LogP contribution in [0.4, 0.5) is 5.00 Å². The molecule has 3 heterocycles. The summed E-state index contributed by atoms with van der Waals surface area (Å²) in [5.74, 6) is -0.0637. The van der Waals surface area contributed by atoms with Gasteiger partial charge in [-0.1, -0.05) is 30.3 Å². The predicted octanol–water partition coefficient (Wildman–Crippen LogP) is 4.24. The van der Waals surface area contributed by atoms with Crippen LogP contribution in [-0.2, 0) is 13.0 Å². The Morgan fingerprint density at radius 3 is 2.69 bits per heavy atom. The van der Waals surface area contributed by atoms with Crippen LogP contribution in [0.15, 0.2) is 54.6 Å². The Hall–Kier alpha value is -2.54. The van der Waals surface area contributed by atoms with Gasteiger partial charge in [0, 0.05) is 17.5 Å². The van der Waals surface area contributed by atoms with E-state index in [1.807, 2.05) is 42.5 Å². The first kappa shape index (κ1) is 18.5. The van der Waals surface area contributed by atoms with E-state index in [2.05, 4.69) is 24.4 Å². The van der Waals surface area contributed by atoms with E-state index >= 15 is 0 Å². The van der Waals surface area contributed by atoms with Crippen molar-refractivity contribution in [3.8, 4) is 10.6 Å². The molecule has 0 saturated carbocycles. The summed E-state index contributed by atoms with van der Waals surface area (Å²) in [5, 5.41) is 5.13. The molecule has 146 valence electrons. The van der Waals surface area contributed by atoms with Gasteiger partial charge in [0.25, 0.3) is 5.91 Å². The first-order chi connectivity index (χ1) is 14.2. The van der Waals surface area contributed by atoms with E-state index in [1.165, 1.54) is 15.1 Å². The smallest absolute Gasteiger partial charge is 0.256 e. The van der Waals surface area contributed by atoms with Gasteiger partial charge in [-0.15, -0.1) is 22.7 Å². The zero-order chi connectivity index (χ0) is 19.8. The Kier molecular flexibility index (Phi) is 4.91. The van der Waals surface area contributed by atoms with E-state index in [-0.39, 0.29) is 5.91 Å². The second-order valence-corrected chi connectivity index (χ2v) is 9.43. The highest BCUT2D eigenvalue weighted by Gasteiger charge is 2.29. The number of likely N-dealkylation sites (N-methyl/N-ethyl adjacent to an activating group) is 1. The first-order valence-electron chi connectivity index (χ1n) is 9.93. The number of anilines is 1. The van der Waals surface area contributed by atoms with Crippen molar-refractivity contribution < 1.29 is 9.69 Å². The average molecular weight is 421 g/mol. The summed E-state index contributed by atoms with van der Waals surface area (Å²) in [5.41, 5.74) is 4.19. The molecule has 1 aliphatic rings. The number of quaternary nitrogens is 1. The lowest BCUT2D eigenvalue weighted by molar-refractivity contribution is -0.913. The number of hydrogen-bond donors (Lipinski definition) is 2. The molecule has 0 aliphatic carbocycles. The molecule has 2 aromatic carbocycles. The number of hydrogen-bond acceptors (Lipinski definition) is 4. The van der Waals surface area contributed by atoms with Crippen LogP contribution in [0, 0.1) is 0 Å². The molecule has 1 unspecified atom stereocenters. The van der Waals surface area contributed by atoms with Gasteiger partial charge < -0.3 is 10.2 Å². The van der Waals surface area contributed by atoms with Gasteiger partial charge in [-0.2, -0.15) is 0 Å². The van der Waals surface area contributed by atoms with Crippen LogP contribution >= 0.6 is 22.7 Å². The highest BCUT2D eigenvalue weighted by Crippen LogP contribution is 2.44. The zero-order valence-corrected chi connectivity index (χ0v) is 17.8. The highest BCUT2D eigenvalue weighted by atomic mass is 32.1. The SMILES string of the molecule is CC[NH+]1CCc2c(sc(NC(=O)c3ccccc3)c2-c2nc3ccccc3s2)C1. The maximum atomic E-state index is 12.9. The van der Waals surface area contributed by atoms with Crippen LogP contribution in [0.5, 0.6) is 0 Å². The minimum atomic E-state index is -0.0637. The molecular formula is C23H22N3OS2+. The maximum absolute atomic E-state index is 12.9. The van der Waals surface area contributed by atoms with Gasteiger partial charge >= 0.3 is 0 Å². The number of fused-ring (bicyclic) bond motifs is 2. The number of carbonyl (C=O) groups is 1. The van der Waals surface area contributed by atoms with Crippen LogP contribution in [-0.4, -0.2) is 24.0 Å². The van der Waals surface area contributed by atoms with Crippen LogP contribution in [0.25, 0.3) is 20.8 Å². The van der Waals surface area contributed by atoms with Crippen molar-refractivity contribution in [3.05, 3.63) is 70.6 Å². The lowest BCUT2D eigenvalue weighted by Gasteiger charge is -2.22. The lowest BCUT2D eigenvalue weighted by Crippen LogP contribution is -3.11. The minimum Gasteiger partial charge on any atom is -0.330 e. The standard InChI is InChI=1S/C23H21N3OS2/c1-2-26-13-12-16-19(14-26)29-23(25-21(27)15-8-4-3-5-9-15)20(16)22-24-17-10-6-7-11-18(17)28-22/h3-11H,2,12-14H2,1H3,(H,25,27)/p+1. The van der Waals surface area contributed by atoms with Gasteiger partial charge in [0.2, 0.25) is 0 Å².